The smallest absolute Gasteiger partial charge is 0.227 e. The van der Waals surface area contributed by atoms with Gasteiger partial charge < -0.3 is 4.42 Å². The molecule has 6 aromatic rings. The van der Waals surface area contributed by atoms with Crippen molar-refractivity contribution in [3.8, 4) is 11.3 Å². The Labute approximate surface area is 173 Å². The minimum absolute atomic E-state index is 0.661. The molecule has 0 amide bonds. The maximum atomic E-state index is 6.25. The molecule has 4 nitrogen and oxygen atoms in total. The lowest BCUT2D eigenvalue weighted by atomic mass is 9.98. The molecule has 0 saturated heterocycles. The first-order valence-corrected chi connectivity index (χ1v) is 10.1. The summed E-state index contributed by atoms with van der Waals surface area (Å²) in [7, 11) is 0. The largest absolute Gasteiger partial charge is 0.437 e. The minimum Gasteiger partial charge on any atom is -0.437 e. The highest BCUT2D eigenvalue weighted by Gasteiger charge is 2.18. The SMILES string of the molecule is Cc1ccc2c(n1)oc1c(-c3nc(C)nc4c3ccc3cccc(C)c34)cccc12. The lowest BCUT2D eigenvalue weighted by Gasteiger charge is -2.11. The van der Waals surface area contributed by atoms with Crippen molar-refractivity contribution in [2.75, 3.05) is 0 Å². The molecule has 0 radical (unpaired) electrons. The van der Waals surface area contributed by atoms with Gasteiger partial charge in [0.25, 0.3) is 0 Å². The fourth-order valence-electron chi connectivity index (χ4n) is 4.42. The van der Waals surface area contributed by atoms with E-state index >= 15 is 0 Å². The summed E-state index contributed by atoms with van der Waals surface area (Å²) in [5, 5.41) is 5.47. The Morgan fingerprint density at radius 2 is 1.53 bits per heavy atom. The van der Waals surface area contributed by atoms with E-state index in [4.69, 9.17) is 14.4 Å². The van der Waals surface area contributed by atoms with Gasteiger partial charge in [0, 0.05) is 32.8 Å². The van der Waals surface area contributed by atoms with Gasteiger partial charge in [-0.15, -0.1) is 0 Å². The monoisotopic (exact) mass is 389 g/mol. The van der Waals surface area contributed by atoms with E-state index < -0.39 is 0 Å². The summed E-state index contributed by atoms with van der Waals surface area (Å²) in [6, 6.07) is 20.9. The van der Waals surface area contributed by atoms with Crippen molar-refractivity contribution >= 4 is 43.7 Å². The molecule has 0 aliphatic heterocycles. The molecule has 0 saturated carbocycles. The standard InChI is InChI=1S/C26H19N3O/c1-14-6-4-7-17-11-13-20-23(28-16(3)29-24(20)22(14)17)21-9-5-8-18-19-12-10-15(2)27-26(19)30-25(18)21/h4-13H,1-3H3. The van der Waals surface area contributed by atoms with Crippen LogP contribution in [0, 0.1) is 20.8 Å². The van der Waals surface area contributed by atoms with Crippen molar-refractivity contribution in [3.63, 3.8) is 0 Å². The van der Waals surface area contributed by atoms with Crippen LogP contribution in [-0.2, 0) is 0 Å². The predicted octanol–water partition coefficient (Wildman–Crippen LogP) is 6.67. The molecule has 0 spiro atoms. The normalized spacial score (nSPS) is 11.8. The molecule has 0 aliphatic carbocycles. The zero-order chi connectivity index (χ0) is 20.4. The highest BCUT2D eigenvalue weighted by atomic mass is 16.3. The molecule has 4 heteroatoms. The Hall–Kier alpha value is -3.79. The van der Waals surface area contributed by atoms with Crippen molar-refractivity contribution in [1.82, 2.24) is 15.0 Å². The second-order valence-corrected chi connectivity index (χ2v) is 7.84. The van der Waals surface area contributed by atoms with Gasteiger partial charge in [-0.2, -0.15) is 0 Å². The second-order valence-electron chi connectivity index (χ2n) is 7.84. The molecule has 0 fully saturated rings. The van der Waals surface area contributed by atoms with Crippen LogP contribution in [-0.4, -0.2) is 15.0 Å². The number of hydrogen-bond acceptors (Lipinski definition) is 4. The first-order chi connectivity index (χ1) is 14.6. The highest BCUT2D eigenvalue weighted by Crippen LogP contribution is 2.38. The zero-order valence-corrected chi connectivity index (χ0v) is 17.0. The Balaban J connectivity index is 1.76. The molecule has 0 aliphatic rings. The van der Waals surface area contributed by atoms with Crippen molar-refractivity contribution in [3.05, 3.63) is 77.7 Å². The maximum absolute atomic E-state index is 6.25. The van der Waals surface area contributed by atoms with Crippen LogP contribution in [0.3, 0.4) is 0 Å². The molecule has 0 unspecified atom stereocenters. The van der Waals surface area contributed by atoms with Gasteiger partial charge >= 0.3 is 0 Å². The van der Waals surface area contributed by atoms with E-state index in [0.29, 0.717) is 5.71 Å². The molecule has 3 aromatic heterocycles. The van der Waals surface area contributed by atoms with E-state index in [-0.39, 0.29) is 0 Å². The van der Waals surface area contributed by atoms with E-state index in [2.05, 4.69) is 66.5 Å². The number of rotatable bonds is 1. The summed E-state index contributed by atoms with van der Waals surface area (Å²) in [5.41, 5.74) is 6.46. The molecule has 3 heterocycles. The average Bonchev–Trinajstić information content (AvgIpc) is 3.10. The van der Waals surface area contributed by atoms with Gasteiger partial charge in [-0.1, -0.05) is 36.4 Å². The third-order valence-corrected chi connectivity index (χ3v) is 5.79. The molecular formula is C26H19N3O. The predicted molar refractivity (Wildman–Crippen MR) is 122 cm³/mol. The van der Waals surface area contributed by atoms with Gasteiger partial charge in [-0.3, -0.25) is 0 Å². The topological polar surface area (TPSA) is 51.8 Å². The second kappa shape index (κ2) is 6.10. The van der Waals surface area contributed by atoms with Crippen LogP contribution in [0.25, 0.3) is 55.0 Å². The number of pyridine rings is 1. The third-order valence-electron chi connectivity index (χ3n) is 5.79. The Morgan fingerprint density at radius 3 is 2.43 bits per heavy atom. The summed E-state index contributed by atoms with van der Waals surface area (Å²) in [4.78, 5) is 14.3. The summed E-state index contributed by atoms with van der Waals surface area (Å²) < 4.78 is 6.25. The molecule has 0 bridgehead atoms. The van der Waals surface area contributed by atoms with Crippen LogP contribution in [0.4, 0.5) is 0 Å². The third kappa shape index (κ3) is 2.37. The van der Waals surface area contributed by atoms with Gasteiger partial charge in [-0.05, 0) is 56.0 Å². The van der Waals surface area contributed by atoms with Crippen LogP contribution in [0.1, 0.15) is 17.1 Å². The Bertz CT molecular complexity index is 1630. The number of nitrogens with zero attached hydrogens (tertiary/aromatic N) is 3. The van der Waals surface area contributed by atoms with E-state index in [1.807, 2.05) is 19.9 Å². The number of benzene rings is 3. The number of aromatic nitrogens is 3. The van der Waals surface area contributed by atoms with E-state index in [1.165, 1.54) is 16.3 Å². The Morgan fingerprint density at radius 1 is 0.700 bits per heavy atom. The molecule has 6 rings (SSSR count). The van der Waals surface area contributed by atoms with Gasteiger partial charge in [0.15, 0.2) is 0 Å². The number of aryl methyl sites for hydroxylation is 3. The summed E-state index contributed by atoms with van der Waals surface area (Å²) in [6.45, 7) is 6.05. The maximum Gasteiger partial charge on any atom is 0.227 e. The van der Waals surface area contributed by atoms with Crippen LogP contribution in [0.5, 0.6) is 0 Å². The fraction of sp³-hybridized carbons (Fsp3) is 0.115. The highest BCUT2D eigenvalue weighted by molar-refractivity contribution is 6.14. The average molecular weight is 389 g/mol. The van der Waals surface area contributed by atoms with Gasteiger partial charge in [0.05, 0.1) is 11.2 Å². The molecule has 0 atom stereocenters. The fourth-order valence-corrected chi connectivity index (χ4v) is 4.42. The van der Waals surface area contributed by atoms with Crippen LogP contribution < -0.4 is 0 Å². The summed E-state index contributed by atoms with van der Waals surface area (Å²) >= 11 is 0. The van der Waals surface area contributed by atoms with Crippen molar-refractivity contribution in [2.24, 2.45) is 0 Å². The minimum atomic E-state index is 0.661. The number of furan rings is 1. The number of para-hydroxylation sites is 1. The lowest BCUT2D eigenvalue weighted by molar-refractivity contribution is 0.653. The molecular weight excluding hydrogens is 370 g/mol. The summed E-state index contributed by atoms with van der Waals surface area (Å²) in [5.74, 6) is 0.746. The Kier molecular flexibility index (Phi) is 3.48. The molecule has 0 N–H and O–H groups in total. The van der Waals surface area contributed by atoms with Crippen LogP contribution >= 0.6 is 0 Å². The summed E-state index contributed by atoms with van der Waals surface area (Å²) in [6.07, 6.45) is 0. The van der Waals surface area contributed by atoms with Crippen LogP contribution in [0.15, 0.2) is 65.1 Å². The van der Waals surface area contributed by atoms with Crippen LogP contribution in [0.2, 0.25) is 0 Å². The lowest BCUT2D eigenvalue weighted by Crippen LogP contribution is -1.96. The van der Waals surface area contributed by atoms with Crippen molar-refractivity contribution in [1.29, 1.82) is 0 Å². The van der Waals surface area contributed by atoms with E-state index in [9.17, 15) is 0 Å². The van der Waals surface area contributed by atoms with Gasteiger partial charge in [0.1, 0.15) is 11.4 Å². The van der Waals surface area contributed by atoms with E-state index in [0.717, 1.165) is 50.0 Å². The first-order valence-electron chi connectivity index (χ1n) is 10.1. The van der Waals surface area contributed by atoms with Gasteiger partial charge in [0.2, 0.25) is 5.71 Å². The zero-order valence-electron chi connectivity index (χ0n) is 17.0. The number of hydrogen-bond donors (Lipinski definition) is 0. The van der Waals surface area contributed by atoms with E-state index in [1.54, 1.807) is 0 Å². The number of fused-ring (bicyclic) bond motifs is 6. The molecule has 144 valence electrons. The van der Waals surface area contributed by atoms with Crippen molar-refractivity contribution in [2.45, 2.75) is 20.8 Å². The molecule has 30 heavy (non-hydrogen) atoms. The molecule has 3 aromatic carbocycles. The van der Waals surface area contributed by atoms with Crippen molar-refractivity contribution < 1.29 is 4.42 Å². The first kappa shape index (κ1) is 17.1. The quantitative estimate of drug-likeness (QED) is 0.295. The van der Waals surface area contributed by atoms with Gasteiger partial charge in [-0.25, -0.2) is 15.0 Å².